The summed E-state index contributed by atoms with van der Waals surface area (Å²) in [4.78, 5) is 14.8. The topological polar surface area (TPSA) is 47.3 Å². The van der Waals surface area contributed by atoms with Gasteiger partial charge in [0.25, 0.3) is 0 Å². The molecule has 0 aliphatic rings. The minimum atomic E-state index is 0.341. The fraction of sp³-hybridized carbons (Fsp3) is 0.125. The average molecular weight is 196 g/mol. The Kier molecular flexibility index (Phi) is 1.77. The summed E-state index contributed by atoms with van der Waals surface area (Å²) in [6.07, 6.45) is 0.721. The van der Waals surface area contributed by atoms with Gasteiger partial charge in [-0.2, -0.15) is 5.10 Å². The van der Waals surface area contributed by atoms with E-state index in [1.807, 2.05) is 0 Å². The summed E-state index contributed by atoms with van der Waals surface area (Å²) in [6, 6.07) is 3.35. The Morgan fingerprint density at radius 2 is 2.31 bits per heavy atom. The van der Waals surface area contributed by atoms with E-state index in [0.717, 1.165) is 6.29 Å². The lowest BCUT2D eigenvalue weighted by Gasteiger charge is -1.93. The molecule has 0 saturated heterocycles. The maximum Gasteiger partial charge on any atom is 0.170 e. The van der Waals surface area contributed by atoms with Crippen molar-refractivity contribution in [2.45, 2.75) is 6.92 Å². The lowest BCUT2D eigenvalue weighted by molar-refractivity contribution is 0.111. The lowest BCUT2D eigenvalue weighted by atomic mass is 10.4. The average Bonchev–Trinajstić information content (AvgIpc) is 2.40. The zero-order valence-electron chi connectivity index (χ0n) is 6.86. The van der Waals surface area contributed by atoms with Crippen molar-refractivity contribution in [1.29, 1.82) is 0 Å². The van der Waals surface area contributed by atoms with Crippen LogP contribution in [0.1, 0.15) is 16.2 Å². The molecule has 0 aliphatic carbocycles. The molecule has 2 aromatic rings. The Bertz CT molecular complexity index is 477. The van der Waals surface area contributed by atoms with Crippen LogP contribution < -0.4 is 0 Å². The molecule has 0 fully saturated rings. The molecule has 2 rings (SSSR count). The van der Waals surface area contributed by atoms with Crippen LogP contribution in [0.25, 0.3) is 5.65 Å². The molecule has 0 radical (unpaired) electrons. The van der Waals surface area contributed by atoms with Crippen LogP contribution in [0, 0.1) is 6.92 Å². The first kappa shape index (κ1) is 8.19. The third-order valence-corrected chi connectivity index (χ3v) is 1.98. The molecular weight excluding hydrogens is 190 g/mol. The second kappa shape index (κ2) is 2.81. The molecule has 0 aromatic carbocycles. The van der Waals surface area contributed by atoms with E-state index >= 15 is 0 Å². The number of imidazole rings is 1. The first-order valence-electron chi connectivity index (χ1n) is 3.69. The van der Waals surface area contributed by atoms with E-state index in [-0.39, 0.29) is 0 Å². The van der Waals surface area contributed by atoms with Crippen LogP contribution in [-0.4, -0.2) is 20.9 Å². The summed E-state index contributed by atoms with van der Waals surface area (Å²) in [5, 5.41) is 4.30. The van der Waals surface area contributed by atoms with E-state index in [4.69, 9.17) is 11.6 Å². The number of aldehydes is 1. The van der Waals surface area contributed by atoms with Crippen LogP contribution >= 0.6 is 11.6 Å². The maximum atomic E-state index is 10.7. The van der Waals surface area contributed by atoms with Crippen molar-refractivity contribution in [2.75, 3.05) is 0 Å². The van der Waals surface area contributed by atoms with Gasteiger partial charge >= 0.3 is 0 Å². The van der Waals surface area contributed by atoms with E-state index in [9.17, 15) is 4.79 Å². The molecule has 0 unspecified atom stereocenters. The highest BCUT2D eigenvalue weighted by Crippen LogP contribution is 2.11. The number of hydrogen-bond donors (Lipinski definition) is 0. The summed E-state index contributed by atoms with van der Waals surface area (Å²) >= 11 is 5.68. The van der Waals surface area contributed by atoms with E-state index in [1.54, 1.807) is 19.1 Å². The summed E-state index contributed by atoms with van der Waals surface area (Å²) in [5.74, 6) is 0. The third-order valence-electron chi connectivity index (χ3n) is 1.78. The quantitative estimate of drug-likeness (QED) is 0.648. The van der Waals surface area contributed by atoms with Gasteiger partial charge in [-0.25, -0.2) is 9.50 Å². The van der Waals surface area contributed by atoms with E-state index < -0.39 is 0 Å². The molecule has 0 spiro atoms. The van der Waals surface area contributed by atoms with Crippen molar-refractivity contribution < 1.29 is 4.79 Å². The van der Waals surface area contributed by atoms with Gasteiger partial charge in [-0.1, -0.05) is 11.6 Å². The van der Waals surface area contributed by atoms with Crippen LogP contribution in [0.2, 0.25) is 5.15 Å². The van der Waals surface area contributed by atoms with Crippen molar-refractivity contribution in [2.24, 2.45) is 0 Å². The predicted octanol–water partition coefficient (Wildman–Crippen LogP) is 1.50. The molecule has 5 heteroatoms. The second-order valence-corrected chi connectivity index (χ2v) is 3.01. The largest absolute Gasteiger partial charge is 0.296 e. The number of aromatic nitrogens is 3. The Balaban J connectivity index is 2.88. The summed E-state index contributed by atoms with van der Waals surface area (Å²) in [6.45, 7) is 1.76. The summed E-state index contributed by atoms with van der Waals surface area (Å²) < 4.78 is 1.44. The van der Waals surface area contributed by atoms with E-state index in [1.165, 1.54) is 4.52 Å². The van der Waals surface area contributed by atoms with Crippen molar-refractivity contribution in [3.8, 4) is 0 Å². The Morgan fingerprint density at radius 1 is 1.54 bits per heavy atom. The highest BCUT2D eigenvalue weighted by atomic mass is 35.5. The molecule has 2 heterocycles. The van der Waals surface area contributed by atoms with Gasteiger partial charge in [-0.15, -0.1) is 0 Å². The predicted molar refractivity (Wildman–Crippen MR) is 48.1 cm³/mol. The fourth-order valence-corrected chi connectivity index (χ4v) is 1.31. The molecular formula is C8H6ClN3O. The van der Waals surface area contributed by atoms with Gasteiger partial charge in [0.15, 0.2) is 11.9 Å². The van der Waals surface area contributed by atoms with Gasteiger partial charge < -0.3 is 0 Å². The molecule has 0 atom stereocenters. The van der Waals surface area contributed by atoms with Crippen LogP contribution in [0.3, 0.4) is 0 Å². The van der Waals surface area contributed by atoms with Crippen LogP contribution in [0.4, 0.5) is 0 Å². The Morgan fingerprint density at radius 3 is 3.00 bits per heavy atom. The van der Waals surface area contributed by atoms with Gasteiger partial charge in [0.2, 0.25) is 0 Å². The molecule has 66 valence electrons. The SMILES string of the molecule is Cc1nc2ccc(Cl)nn2c1C=O. The monoisotopic (exact) mass is 195 g/mol. The minimum absolute atomic E-state index is 0.341. The number of carbonyl (C=O) groups is 1. The molecule has 0 bridgehead atoms. The molecule has 0 N–H and O–H groups in total. The standard InChI is InChI=1S/C8H6ClN3O/c1-5-6(4-13)12-8(10-5)3-2-7(9)11-12/h2-4H,1H3. The molecule has 4 nitrogen and oxygen atoms in total. The zero-order chi connectivity index (χ0) is 9.42. The highest BCUT2D eigenvalue weighted by molar-refractivity contribution is 6.29. The van der Waals surface area contributed by atoms with Gasteiger partial charge in [0.1, 0.15) is 10.8 Å². The van der Waals surface area contributed by atoms with Crippen LogP contribution in [0.15, 0.2) is 12.1 Å². The summed E-state index contributed by atoms with van der Waals surface area (Å²) in [7, 11) is 0. The molecule has 0 amide bonds. The van der Waals surface area contributed by atoms with Crippen molar-refractivity contribution in [3.63, 3.8) is 0 Å². The third kappa shape index (κ3) is 1.19. The first-order chi connectivity index (χ1) is 6.22. The van der Waals surface area contributed by atoms with E-state index in [0.29, 0.717) is 22.2 Å². The van der Waals surface area contributed by atoms with Crippen molar-refractivity contribution >= 4 is 23.5 Å². The zero-order valence-corrected chi connectivity index (χ0v) is 7.62. The van der Waals surface area contributed by atoms with E-state index in [2.05, 4.69) is 10.1 Å². The normalized spacial score (nSPS) is 10.6. The second-order valence-electron chi connectivity index (χ2n) is 2.63. The molecule has 0 saturated carbocycles. The molecule has 2 aromatic heterocycles. The molecule has 13 heavy (non-hydrogen) atoms. The van der Waals surface area contributed by atoms with Gasteiger partial charge in [-0.05, 0) is 19.1 Å². The maximum absolute atomic E-state index is 10.7. The number of aryl methyl sites for hydroxylation is 1. The van der Waals surface area contributed by atoms with Crippen molar-refractivity contribution in [3.05, 3.63) is 28.7 Å². The Labute approximate surface area is 79.2 Å². The Hall–Kier alpha value is -1.42. The number of halogens is 1. The fourth-order valence-electron chi connectivity index (χ4n) is 1.17. The number of hydrogen-bond acceptors (Lipinski definition) is 3. The van der Waals surface area contributed by atoms with Gasteiger partial charge in [-0.3, -0.25) is 4.79 Å². The van der Waals surface area contributed by atoms with Gasteiger partial charge in [0.05, 0.1) is 5.69 Å². The first-order valence-corrected chi connectivity index (χ1v) is 4.07. The summed E-state index contributed by atoms with van der Waals surface area (Å²) in [5.41, 5.74) is 1.73. The smallest absolute Gasteiger partial charge is 0.170 e. The number of carbonyl (C=O) groups excluding carboxylic acids is 1. The van der Waals surface area contributed by atoms with Crippen LogP contribution in [0.5, 0.6) is 0 Å². The highest BCUT2D eigenvalue weighted by Gasteiger charge is 2.08. The number of fused-ring (bicyclic) bond motifs is 1. The lowest BCUT2D eigenvalue weighted by Crippen LogP contribution is -1.96. The molecule has 0 aliphatic heterocycles. The van der Waals surface area contributed by atoms with Crippen molar-refractivity contribution in [1.82, 2.24) is 14.6 Å². The van der Waals surface area contributed by atoms with Gasteiger partial charge in [0, 0.05) is 0 Å². The number of nitrogens with zero attached hydrogens (tertiary/aromatic N) is 3. The number of rotatable bonds is 1. The van der Waals surface area contributed by atoms with Crippen LogP contribution in [-0.2, 0) is 0 Å². The minimum Gasteiger partial charge on any atom is -0.296 e.